The molecule has 4 nitrogen and oxygen atoms in total. The molecule has 14 heavy (non-hydrogen) atoms. The number of aliphatic hydroxyl groups is 1. The molecule has 0 aliphatic rings. The molecule has 0 aliphatic heterocycles. The van der Waals surface area contributed by atoms with Crippen molar-refractivity contribution in [3.63, 3.8) is 0 Å². The van der Waals surface area contributed by atoms with Gasteiger partial charge < -0.3 is 9.66 Å². The zero-order chi connectivity index (χ0) is 11.0. The molecule has 0 bridgehead atoms. The van der Waals surface area contributed by atoms with Crippen molar-refractivity contribution in [3.05, 3.63) is 0 Å². The Morgan fingerprint density at radius 3 is 2.57 bits per heavy atom. The van der Waals surface area contributed by atoms with Crippen LogP contribution >= 0.6 is 0 Å². The summed E-state index contributed by atoms with van der Waals surface area (Å²) in [7, 11) is -3.30. The zero-order valence-electron chi connectivity index (χ0n) is 8.35. The van der Waals surface area contributed by atoms with E-state index in [4.69, 9.17) is 9.66 Å². The van der Waals surface area contributed by atoms with Crippen molar-refractivity contribution in [2.75, 3.05) is 12.4 Å². The Hall–Kier alpha value is 0.250. The SMILES string of the molecule is CCC(CO)CCCC[S+]=S(=O)([O-])O. The van der Waals surface area contributed by atoms with Crippen LogP contribution in [0.5, 0.6) is 0 Å². The summed E-state index contributed by atoms with van der Waals surface area (Å²) in [4.78, 5) is 0. The molecular weight excluding hydrogens is 224 g/mol. The Bertz CT molecular complexity index is 234. The van der Waals surface area contributed by atoms with E-state index >= 15 is 0 Å². The molecule has 0 saturated heterocycles. The van der Waals surface area contributed by atoms with Gasteiger partial charge in [0.2, 0.25) is 0 Å². The van der Waals surface area contributed by atoms with Gasteiger partial charge in [-0.3, -0.25) is 4.55 Å². The lowest BCUT2D eigenvalue weighted by atomic mass is 10.0. The van der Waals surface area contributed by atoms with Gasteiger partial charge in [-0.05, 0) is 18.8 Å². The third-order valence-electron chi connectivity index (χ3n) is 2.07. The molecule has 0 radical (unpaired) electrons. The Balaban J connectivity index is 3.52. The van der Waals surface area contributed by atoms with Crippen LogP contribution in [0, 0.1) is 5.92 Å². The van der Waals surface area contributed by atoms with Gasteiger partial charge in [0.15, 0.2) is 5.75 Å². The molecule has 0 spiro atoms. The van der Waals surface area contributed by atoms with Gasteiger partial charge in [0.25, 0.3) is 19.4 Å². The topological polar surface area (TPSA) is 80.6 Å². The number of aliphatic hydroxyl groups excluding tert-OH is 1. The first-order chi connectivity index (χ1) is 6.49. The normalized spacial score (nSPS) is 17.4. The summed E-state index contributed by atoms with van der Waals surface area (Å²) in [6.45, 7) is 2.22. The van der Waals surface area contributed by atoms with Crippen LogP contribution in [0.15, 0.2) is 0 Å². The lowest BCUT2D eigenvalue weighted by molar-refractivity contribution is 0.212. The van der Waals surface area contributed by atoms with Crippen molar-refractivity contribution in [2.24, 2.45) is 5.92 Å². The highest BCUT2D eigenvalue weighted by Crippen LogP contribution is 2.11. The van der Waals surface area contributed by atoms with E-state index in [0.717, 1.165) is 25.7 Å². The maximum absolute atomic E-state index is 10.3. The summed E-state index contributed by atoms with van der Waals surface area (Å²) >= 11 is 0. The van der Waals surface area contributed by atoms with Crippen molar-refractivity contribution in [3.8, 4) is 0 Å². The first-order valence-electron chi connectivity index (χ1n) is 4.72. The molecule has 0 heterocycles. The van der Waals surface area contributed by atoms with Gasteiger partial charge in [-0.25, -0.2) is 0 Å². The van der Waals surface area contributed by atoms with E-state index in [-0.39, 0.29) is 6.61 Å². The minimum absolute atomic E-state index is 0.196. The third-order valence-corrected chi connectivity index (χ3v) is 4.22. The van der Waals surface area contributed by atoms with Gasteiger partial charge in [0.05, 0.1) is 0 Å². The lowest BCUT2D eigenvalue weighted by Crippen LogP contribution is -2.05. The van der Waals surface area contributed by atoms with Crippen molar-refractivity contribution in [2.45, 2.75) is 32.6 Å². The van der Waals surface area contributed by atoms with Crippen LogP contribution in [0.1, 0.15) is 32.6 Å². The molecule has 0 aromatic carbocycles. The fourth-order valence-electron chi connectivity index (χ4n) is 1.12. The summed E-state index contributed by atoms with van der Waals surface area (Å²) < 4.78 is 29.1. The van der Waals surface area contributed by atoms with Crippen LogP contribution in [0.25, 0.3) is 0 Å². The highest BCUT2D eigenvalue weighted by molar-refractivity contribution is 8.33. The van der Waals surface area contributed by atoms with E-state index in [0.29, 0.717) is 22.0 Å². The molecule has 0 rings (SSSR count). The van der Waals surface area contributed by atoms with Gasteiger partial charge in [0.1, 0.15) is 0 Å². The summed E-state index contributed by atoms with van der Waals surface area (Å²) in [5.74, 6) is 0.742. The maximum Gasteiger partial charge on any atom is 0.252 e. The Morgan fingerprint density at radius 1 is 1.50 bits per heavy atom. The first kappa shape index (κ1) is 14.2. The quantitative estimate of drug-likeness (QED) is 0.517. The second-order valence-corrected chi connectivity index (χ2v) is 6.67. The fraction of sp³-hybridized carbons (Fsp3) is 1.00. The standard InChI is InChI=1S/C8H18O4S2/c1-2-8(7-9)5-3-4-6-13-14(10,11)12/h8-9H,2-7H2,1H3,(H-,10,11,12). The smallest absolute Gasteiger partial charge is 0.252 e. The first-order valence-corrected chi connectivity index (χ1v) is 7.66. The Kier molecular flexibility index (Phi) is 7.66. The van der Waals surface area contributed by atoms with Crippen LogP contribution < -0.4 is 0 Å². The lowest BCUT2D eigenvalue weighted by Gasteiger charge is -2.08. The molecule has 6 heteroatoms. The van der Waals surface area contributed by atoms with Gasteiger partial charge >= 0.3 is 0 Å². The minimum atomic E-state index is -3.87. The molecule has 2 N–H and O–H groups in total. The molecule has 2 atom stereocenters. The van der Waals surface area contributed by atoms with E-state index in [2.05, 4.69) is 0 Å². The van der Waals surface area contributed by atoms with E-state index in [9.17, 15) is 8.76 Å². The monoisotopic (exact) mass is 242 g/mol. The molecule has 0 aliphatic carbocycles. The molecule has 0 amide bonds. The number of hydrogen-bond donors (Lipinski definition) is 2. The zero-order valence-corrected chi connectivity index (χ0v) is 9.98. The highest BCUT2D eigenvalue weighted by atomic mass is 32.9. The van der Waals surface area contributed by atoms with E-state index < -0.39 is 9.05 Å². The fourth-order valence-corrected chi connectivity index (χ4v) is 2.64. The molecule has 0 aromatic heterocycles. The van der Waals surface area contributed by atoms with E-state index in [1.165, 1.54) is 0 Å². The highest BCUT2D eigenvalue weighted by Gasteiger charge is 2.06. The van der Waals surface area contributed by atoms with Crippen molar-refractivity contribution in [1.82, 2.24) is 0 Å². The summed E-state index contributed by atoms with van der Waals surface area (Å²) in [6.07, 6.45) is 3.50. The van der Waals surface area contributed by atoms with Gasteiger partial charge in [-0.2, -0.15) is 4.21 Å². The molecule has 0 fully saturated rings. The van der Waals surface area contributed by atoms with Crippen LogP contribution in [0.3, 0.4) is 0 Å². The van der Waals surface area contributed by atoms with E-state index in [1.807, 2.05) is 6.92 Å². The molecule has 0 aromatic rings. The largest absolute Gasteiger partial charge is 0.712 e. The van der Waals surface area contributed by atoms with Crippen molar-refractivity contribution >= 4 is 19.4 Å². The van der Waals surface area contributed by atoms with Crippen LogP contribution in [-0.2, 0) is 19.4 Å². The molecule has 2 unspecified atom stereocenters. The summed E-state index contributed by atoms with van der Waals surface area (Å²) in [5, 5.41) is 8.87. The predicted octanol–water partition coefficient (Wildman–Crippen LogP) is 1.06. The average Bonchev–Trinajstić information content (AvgIpc) is 2.09. The Morgan fingerprint density at radius 2 is 2.14 bits per heavy atom. The second kappa shape index (κ2) is 7.53. The minimum Gasteiger partial charge on any atom is -0.712 e. The third kappa shape index (κ3) is 8.83. The molecular formula is C8H18O4S2. The number of rotatable bonds is 7. The van der Waals surface area contributed by atoms with E-state index in [1.54, 1.807) is 0 Å². The van der Waals surface area contributed by atoms with Gasteiger partial charge in [-0.15, -0.1) is 0 Å². The van der Waals surface area contributed by atoms with Gasteiger partial charge in [-0.1, -0.05) is 13.3 Å². The molecule has 86 valence electrons. The Labute approximate surface area is 89.0 Å². The van der Waals surface area contributed by atoms with Crippen molar-refractivity contribution in [1.29, 1.82) is 0 Å². The van der Waals surface area contributed by atoms with Crippen LogP contribution in [0.4, 0.5) is 0 Å². The van der Waals surface area contributed by atoms with Crippen molar-refractivity contribution < 1.29 is 18.4 Å². The van der Waals surface area contributed by atoms with Gasteiger partial charge in [0, 0.05) is 13.0 Å². The average molecular weight is 242 g/mol. The predicted molar refractivity (Wildman–Crippen MR) is 58.5 cm³/mol. The number of hydrogen-bond acceptors (Lipinski definition) is 3. The second-order valence-electron chi connectivity index (χ2n) is 3.20. The van der Waals surface area contributed by atoms with Crippen LogP contribution in [0.2, 0.25) is 0 Å². The summed E-state index contributed by atoms with van der Waals surface area (Å²) in [5.41, 5.74) is 0. The maximum atomic E-state index is 10.3. The summed E-state index contributed by atoms with van der Waals surface area (Å²) in [6, 6.07) is 0. The van der Waals surface area contributed by atoms with Crippen LogP contribution in [-0.4, -0.2) is 30.8 Å². The number of unbranched alkanes of at least 4 members (excludes halogenated alkanes) is 1. The molecule has 0 saturated carbocycles.